The summed E-state index contributed by atoms with van der Waals surface area (Å²) in [6.45, 7) is 3.71. The fourth-order valence-corrected chi connectivity index (χ4v) is 3.77. The zero-order chi connectivity index (χ0) is 24.9. The lowest BCUT2D eigenvalue weighted by molar-refractivity contribution is 0.162. The predicted octanol–water partition coefficient (Wildman–Crippen LogP) is 5.84. The maximum atomic E-state index is 13.7. The van der Waals surface area contributed by atoms with Gasteiger partial charge in [-0.15, -0.1) is 0 Å². The van der Waals surface area contributed by atoms with E-state index in [-0.39, 0.29) is 24.7 Å². The molecule has 0 saturated heterocycles. The van der Waals surface area contributed by atoms with Crippen molar-refractivity contribution in [1.82, 2.24) is 5.16 Å². The Labute approximate surface area is 202 Å². The molecule has 0 bridgehead atoms. The second kappa shape index (κ2) is 10.2. The largest absolute Gasteiger partial charge is 0.449 e. The molecule has 1 heterocycles. The average molecular weight is 473 g/mol. The first kappa shape index (κ1) is 23.7. The standard InChI is InChI=1S/C27H25FN4O3/c1-16-15-21(11-12-22(16)18-7-9-20(10-8-18)26(29)30)25-24(17(2)35-32-25)31-27(33)34-14-13-19-5-3-4-6-23(19)28/h3-12,15H,13-14H2,1-2H3,(H3,29,30)(H,31,33). The van der Waals surface area contributed by atoms with Gasteiger partial charge in [-0.05, 0) is 48.2 Å². The SMILES string of the molecule is Cc1cc(-c2noc(C)c2NC(=O)OCCc2ccccc2F)ccc1-c1ccc(C(=N)N)cc1. The van der Waals surface area contributed by atoms with Crippen LogP contribution in [0.25, 0.3) is 22.4 Å². The number of nitrogens with zero attached hydrogens (tertiary/aromatic N) is 1. The summed E-state index contributed by atoms with van der Waals surface area (Å²) in [6.07, 6.45) is -0.406. The Hall–Kier alpha value is -4.46. The number of nitrogens with two attached hydrogens (primary N) is 1. The van der Waals surface area contributed by atoms with E-state index in [2.05, 4.69) is 10.5 Å². The van der Waals surface area contributed by atoms with Gasteiger partial charge in [-0.25, -0.2) is 9.18 Å². The molecule has 7 nitrogen and oxygen atoms in total. The molecule has 1 aromatic heterocycles. The van der Waals surface area contributed by atoms with Crippen LogP contribution in [0.5, 0.6) is 0 Å². The quantitative estimate of drug-likeness (QED) is 0.231. The van der Waals surface area contributed by atoms with Gasteiger partial charge in [0.15, 0.2) is 5.76 Å². The zero-order valence-corrected chi connectivity index (χ0v) is 19.4. The number of aromatic nitrogens is 1. The molecule has 8 heteroatoms. The topological polar surface area (TPSA) is 114 Å². The van der Waals surface area contributed by atoms with E-state index >= 15 is 0 Å². The number of benzene rings is 3. The molecular formula is C27H25FN4O3. The third-order valence-corrected chi connectivity index (χ3v) is 5.66. The van der Waals surface area contributed by atoms with Crippen molar-refractivity contribution in [3.8, 4) is 22.4 Å². The molecule has 0 radical (unpaired) electrons. The normalized spacial score (nSPS) is 10.7. The van der Waals surface area contributed by atoms with Crippen LogP contribution < -0.4 is 11.1 Å². The van der Waals surface area contributed by atoms with Crippen molar-refractivity contribution in [3.05, 3.63) is 95.0 Å². The molecule has 178 valence electrons. The van der Waals surface area contributed by atoms with Gasteiger partial charge in [-0.1, -0.05) is 59.8 Å². The van der Waals surface area contributed by atoms with E-state index in [0.717, 1.165) is 22.3 Å². The Morgan fingerprint density at radius 3 is 2.49 bits per heavy atom. The van der Waals surface area contributed by atoms with Crippen LogP contribution in [0, 0.1) is 25.1 Å². The smallest absolute Gasteiger partial charge is 0.411 e. The second-order valence-electron chi connectivity index (χ2n) is 8.09. The fraction of sp³-hybridized carbons (Fsp3) is 0.148. The van der Waals surface area contributed by atoms with E-state index in [1.54, 1.807) is 25.1 Å². The summed E-state index contributed by atoms with van der Waals surface area (Å²) in [5.41, 5.74) is 11.4. The van der Waals surface area contributed by atoms with E-state index in [4.69, 9.17) is 20.4 Å². The van der Waals surface area contributed by atoms with E-state index in [0.29, 0.717) is 28.3 Å². The van der Waals surface area contributed by atoms with Crippen molar-refractivity contribution in [2.75, 3.05) is 11.9 Å². The molecule has 4 rings (SSSR count). The molecule has 0 fully saturated rings. The number of carbonyl (C=O) groups excluding carboxylic acids is 1. The third kappa shape index (κ3) is 5.38. The van der Waals surface area contributed by atoms with Crippen molar-refractivity contribution in [2.24, 2.45) is 5.73 Å². The van der Waals surface area contributed by atoms with Gasteiger partial charge in [-0.2, -0.15) is 0 Å². The van der Waals surface area contributed by atoms with Gasteiger partial charge in [0.1, 0.15) is 23.0 Å². The summed E-state index contributed by atoms with van der Waals surface area (Å²) in [5, 5.41) is 14.4. The second-order valence-corrected chi connectivity index (χ2v) is 8.09. The first-order valence-corrected chi connectivity index (χ1v) is 11.0. The van der Waals surface area contributed by atoms with Crippen LogP contribution in [-0.4, -0.2) is 23.7 Å². The summed E-state index contributed by atoms with van der Waals surface area (Å²) < 4.78 is 24.3. The lowest BCUT2D eigenvalue weighted by Crippen LogP contribution is -2.16. The van der Waals surface area contributed by atoms with E-state index in [9.17, 15) is 9.18 Å². The number of hydrogen-bond donors (Lipinski definition) is 3. The summed E-state index contributed by atoms with van der Waals surface area (Å²) in [5.74, 6) is 0.130. The molecule has 4 N–H and O–H groups in total. The maximum Gasteiger partial charge on any atom is 0.411 e. The first-order valence-electron chi connectivity index (χ1n) is 11.0. The molecule has 0 aliphatic carbocycles. The van der Waals surface area contributed by atoms with Gasteiger partial charge < -0.3 is 15.0 Å². The molecular weight excluding hydrogens is 447 g/mol. The number of nitrogens with one attached hydrogen (secondary N) is 2. The van der Waals surface area contributed by atoms with Crippen LogP contribution in [0.15, 0.2) is 71.3 Å². The minimum atomic E-state index is -0.673. The molecule has 3 aromatic carbocycles. The van der Waals surface area contributed by atoms with Crippen LogP contribution in [0.4, 0.5) is 14.9 Å². The molecule has 0 unspecified atom stereocenters. The minimum Gasteiger partial charge on any atom is -0.449 e. The number of hydrogen-bond acceptors (Lipinski definition) is 5. The Balaban J connectivity index is 1.47. The summed E-state index contributed by atoms with van der Waals surface area (Å²) in [7, 11) is 0. The summed E-state index contributed by atoms with van der Waals surface area (Å²) in [4.78, 5) is 12.4. The molecule has 4 aromatic rings. The highest BCUT2D eigenvalue weighted by atomic mass is 19.1. The summed E-state index contributed by atoms with van der Waals surface area (Å²) in [6, 6.07) is 19.7. The number of anilines is 1. The van der Waals surface area contributed by atoms with Crippen molar-refractivity contribution < 1.29 is 18.4 Å². The molecule has 35 heavy (non-hydrogen) atoms. The maximum absolute atomic E-state index is 13.7. The highest BCUT2D eigenvalue weighted by Gasteiger charge is 2.19. The van der Waals surface area contributed by atoms with Crippen molar-refractivity contribution in [1.29, 1.82) is 5.41 Å². The van der Waals surface area contributed by atoms with E-state index < -0.39 is 6.09 Å². The highest BCUT2D eigenvalue weighted by molar-refractivity contribution is 5.95. The Bertz CT molecular complexity index is 1380. The molecule has 0 aliphatic heterocycles. The Kier molecular flexibility index (Phi) is 6.91. The number of aryl methyl sites for hydroxylation is 2. The molecule has 0 atom stereocenters. The first-order chi connectivity index (χ1) is 16.8. The number of nitrogen functional groups attached to an aromatic ring is 1. The predicted molar refractivity (Wildman–Crippen MR) is 133 cm³/mol. The highest BCUT2D eigenvalue weighted by Crippen LogP contribution is 2.33. The number of ether oxygens (including phenoxy) is 1. The van der Waals surface area contributed by atoms with Crippen LogP contribution in [0.2, 0.25) is 0 Å². The number of rotatable bonds is 7. The molecule has 1 amide bonds. The lowest BCUT2D eigenvalue weighted by atomic mass is 9.96. The Morgan fingerprint density at radius 1 is 1.09 bits per heavy atom. The molecule has 0 aliphatic rings. The van der Waals surface area contributed by atoms with Crippen molar-refractivity contribution in [3.63, 3.8) is 0 Å². The van der Waals surface area contributed by atoms with Crippen molar-refractivity contribution >= 4 is 17.6 Å². The van der Waals surface area contributed by atoms with Gasteiger partial charge in [0.05, 0.1) is 6.61 Å². The number of halogens is 1. The third-order valence-electron chi connectivity index (χ3n) is 5.66. The molecule has 0 saturated carbocycles. The van der Waals surface area contributed by atoms with Crippen molar-refractivity contribution in [2.45, 2.75) is 20.3 Å². The number of amides is 1. The monoisotopic (exact) mass is 472 g/mol. The minimum absolute atomic E-state index is 0.0239. The molecule has 0 spiro atoms. The van der Waals surface area contributed by atoms with Gasteiger partial charge in [0, 0.05) is 17.5 Å². The number of carbonyl (C=O) groups is 1. The van der Waals surface area contributed by atoms with Crippen LogP contribution in [0.3, 0.4) is 0 Å². The number of amidine groups is 1. The van der Waals surface area contributed by atoms with E-state index in [1.165, 1.54) is 6.07 Å². The Morgan fingerprint density at radius 2 is 1.80 bits per heavy atom. The average Bonchev–Trinajstić information content (AvgIpc) is 3.20. The van der Waals surface area contributed by atoms with Crippen LogP contribution >= 0.6 is 0 Å². The van der Waals surface area contributed by atoms with Gasteiger partial charge >= 0.3 is 6.09 Å². The fourth-order valence-electron chi connectivity index (χ4n) is 3.77. The van der Waals surface area contributed by atoms with Crippen LogP contribution in [0.1, 0.15) is 22.5 Å². The zero-order valence-electron chi connectivity index (χ0n) is 19.4. The van der Waals surface area contributed by atoms with E-state index in [1.807, 2.05) is 49.4 Å². The summed E-state index contributed by atoms with van der Waals surface area (Å²) >= 11 is 0. The van der Waals surface area contributed by atoms with Crippen LogP contribution in [-0.2, 0) is 11.2 Å². The van der Waals surface area contributed by atoms with Gasteiger partial charge in [0.2, 0.25) is 0 Å². The lowest BCUT2D eigenvalue weighted by Gasteiger charge is -2.11. The van der Waals surface area contributed by atoms with Gasteiger partial charge in [0.25, 0.3) is 0 Å². The van der Waals surface area contributed by atoms with Gasteiger partial charge in [-0.3, -0.25) is 10.7 Å².